The van der Waals surface area contributed by atoms with Gasteiger partial charge in [-0.1, -0.05) is 0 Å². The third-order valence-electron chi connectivity index (χ3n) is 1.06. The number of hydrogen-bond donors (Lipinski definition) is 1. The summed E-state index contributed by atoms with van der Waals surface area (Å²) in [5.74, 6) is -0.576. The van der Waals surface area contributed by atoms with Crippen LogP contribution in [0.5, 0.6) is 0 Å². The van der Waals surface area contributed by atoms with E-state index in [1.165, 1.54) is 0 Å². The molecule has 2 heterocycles. The van der Waals surface area contributed by atoms with Crippen molar-refractivity contribution >= 4 is 24.3 Å². The van der Waals surface area contributed by atoms with Gasteiger partial charge in [0, 0.05) is 0 Å². The lowest BCUT2D eigenvalue weighted by atomic mass is 10.7. The first-order chi connectivity index (χ1) is 6.18. The Kier molecular flexibility index (Phi) is 2.96. The van der Waals surface area contributed by atoms with Crippen molar-refractivity contribution in [3.8, 4) is 0 Å². The Morgan fingerprint density at radius 3 is 2.38 bits per heavy atom. The highest BCUT2D eigenvalue weighted by atomic mass is 16.5. The standard InChI is InChI=1S/C3H4N2O2.C3H3NO2/c4-3-5-2(6)1-7-3;5-3-1-4-2-6-3/h1H2,(H2,4,5,6);2H,1H2. The molecule has 2 N–H and O–H groups in total. The van der Waals surface area contributed by atoms with E-state index in [1.54, 1.807) is 0 Å². The smallest absolute Gasteiger partial charge is 0.334 e. The molecule has 0 unspecified atom stereocenters. The Labute approximate surface area is 73.2 Å². The van der Waals surface area contributed by atoms with Crippen molar-refractivity contribution in [1.82, 2.24) is 0 Å². The van der Waals surface area contributed by atoms with Crippen LogP contribution in [0.2, 0.25) is 0 Å². The van der Waals surface area contributed by atoms with Gasteiger partial charge in [-0.15, -0.1) is 0 Å². The summed E-state index contributed by atoms with van der Waals surface area (Å²) in [5, 5.41) is 0. The van der Waals surface area contributed by atoms with Crippen molar-refractivity contribution in [1.29, 1.82) is 0 Å². The van der Waals surface area contributed by atoms with Crippen LogP contribution >= 0.6 is 0 Å². The molecule has 0 aromatic rings. The van der Waals surface area contributed by atoms with Crippen LogP contribution in [0.3, 0.4) is 0 Å². The molecule has 7 heteroatoms. The molecule has 0 fully saturated rings. The van der Waals surface area contributed by atoms with E-state index < -0.39 is 0 Å². The van der Waals surface area contributed by atoms with Crippen LogP contribution in [-0.2, 0) is 19.1 Å². The van der Waals surface area contributed by atoms with Crippen molar-refractivity contribution in [2.24, 2.45) is 15.7 Å². The minimum absolute atomic E-state index is 0.00579. The molecule has 0 saturated heterocycles. The summed E-state index contributed by atoms with van der Waals surface area (Å²) >= 11 is 0. The molecular formula is C6H7N3O4. The molecule has 0 spiro atoms. The predicted molar refractivity (Wildman–Crippen MR) is 42.0 cm³/mol. The number of aliphatic imine (C=N–C) groups is 2. The monoisotopic (exact) mass is 185 g/mol. The highest BCUT2D eigenvalue weighted by Gasteiger charge is 2.09. The largest absolute Gasteiger partial charge is 0.455 e. The van der Waals surface area contributed by atoms with Crippen molar-refractivity contribution in [3.05, 3.63) is 0 Å². The van der Waals surface area contributed by atoms with Gasteiger partial charge in [-0.3, -0.25) is 4.79 Å². The molecular weight excluding hydrogens is 178 g/mol. The van der Waals surface area contributed by atoms with E-state index in [0.717, 1.165) is 6.40 Å². The Hall–Kier alpha value is -1.92. The second kappa shape index (κ2) is 4.19. The van der Waals surface area contributed by atoms with E-state index in [1.807, 2.05) is 0 Å². The fourth-order valence-electron chi connectivity index (χ4n) is 0.568. The summed E-state index contributed by atoms with van der Waals surface area (Å²) in [6.07, 6.45) is 1.16. The maximum atomic E-state index is 10.1. The van der Waals surface area contributed by atoms with E-state index in [0.29, 0.717) is 0 Å². The summed E-state index contributed by atoms with van der Waals surface area (Å²) in [5.41, 5.74) is 4.93. The van der Waals surface area contributed by atoms with Gasteiger partial charge in [-0.05, 0) is 0 Å². The van der Waals surface area contributed by atoms with E-state index in [9.17, 15) is 9.59 Å². The molecule has 2 aliphatic rings. The van der Waals surface area contributed by atoms with E-state index in [4.69, 9.17) is 5.73 Å². The number of nitrogens with zero attached hydrogens (tertiary/aromatic N) is 2. The zero-order valence-corrected chi connectivity index (χ0v) is 6.60. The van der Waals surface area contributed by atoms with Crippen LogP contribution in [0.4, 0.5) is 0 Å². The molecule has 0 saturated carbocycles. The lowest BCUT2D eigenvalue weighted by molar-refractivity contribution is -0.131. The molecule has 13 heavy (non-hydrogen) atoms. The molecule has 0 aliphatic carbocycles. The van der Waals surface area contributed by atoms with Gasteiger partial charge < -0.3 is 15.2 Å². The Balaban J connectivity index is 0.000000132. The summed E-state index contributed by atoms with van der Waals surface area (Å²) in [6.45, 7) is 0.200. The predicted octanol–water partition coefficient (Wildman–Crippen LogP) is -1.57. The zero-order valence-electron chi connectivity index (χ0n) is 6.60. The van der Waals surface area contributed by atoms with Crippen LogP contribution in [-0.4, -0.2) is 37.5 Å². The highest BCUT2D eigenvalue weighted by molar-refractivity contribution is 5.95. The molecule has 1 amide bonds. The Morgan fingerprint density at radius 1 is 1.46 bits per heavy atom. The van der Waals surface area contributed by atoms with Gasteiger partial charge in [0.1, 0.15) is 6.54 Å². The Morgan fingerprint density at radius 2 is 2.23 bits per heavy atom. The fraction of sp³-hybridized carbons (Fsp3) is 0.333. The van der Waals surface area contributed by atoms with Gasteiger partial charge in [-0.2, -0.15) is 4.99 Å². The highest BCUT2D eigenvalue weighted by Crippen LogP contribution is 1.88. The van der Waals surface area contributed by atoms with Crippen LogP contribution in [0.15, 0.2) is 9.98 Å². The number of amides is 1. The lowest BCUT2D eigenvalue weighted by Crippen LogP contribution is -2.10. The molecule has 0 bridgehead atoms. The molecule has 0 aromatic heterocycles. The van der Waals surface area contributed by atoms with Gasteiger partial charge in [0.2, 0.25) is 0 Å². The van der Waals surface area contributed by atoms with Gasteiger partial charge >= 0.3 is 5.97 Å². The molecule has 2 aliphatic heterocycles. The minimum Gasteiger partial charge on any atom is -0.455 e. The van der Waals surface area contributed by atoms with Crippen molar-refractivity contribution in [2.75, 3.05) is 13.2 Å². The molecule has 70 valence electrons. The first-order valence-corrected chi connectivity index (χ1v) is 3.36. The van der Waals surface area contributed by atoms with E-state index in [-0.39, 0.29) is 31.0 Å². The summed E-state index contributed by atoms with van der Waals surface area (Å²) in [7, 11) is 0. The Bertz CT molecular complexity index is 274. The first kappa shape index (κ1) is 9.17. The molecule has 7 nitrogen and oxygen atoms in total. The number of carbonyl (C=O) groups is 2. The van der Waals surface area contributed by atoms with Gasteiger partial charge in [-0.25, -0.2) is 9.79 Å². The SMILES string of the molecule is NC1=NC(=O)CO1.O=C1CN=CO1. The second-order valence-corrected chi connectivity index (χ2v) is 2.07. The molecule has 0 aromatic carbocycles. The number of amidine groups is 1. The average molecular weight is 185 g/mol. The van der Waals surface area contributed by atoms with Crippen LogP contribution < -0.4 is 5.73 Å². The maximum absolute atomic E-state index is 10.1. The average Bonchev–Trinajstić information content (AvgIpc) is 2.64. The third-order valence-corrected chi connectivity index (χ3v) is 1.06. The number of nitrogens with two attached hydrogens (primary N) is 1. The topological polar surface area (TPSA) is 103 Å². The van der Waals surface area contributed by atoms with Crippen LogP contribution in [0, 0.1) is 0 Å². The van der Waals surface area contributed by atoms with Gasteiger partial charge in [0.25, 0.3) is 11.9 Å². The number of cyclic esters (lactones) is 1. The summed E-state index contributed by atoms with van der Waals surface area (Å²) in [6, 6.07) is -0.0231. The van der Waals surface area contributed by atoms with Gasteiger partial charge in [0.15, 0.2) is 13.0 Å². The van der Waals surface area contributed by atoms with Crippen molar-refractivity contribution in [2.45, 2.75) is 0 Å². The lowest BCUT2D eigenvalue weighted by Gasteiger charge is -1.84. The first-order valence-electron chi connectivity index (χ1n) is 3.36. The maximum Gasteiger partial charge on any atom is 0.334 e. The quantitative estimate of drug-likeness (QED) is 0.459. The molecule has 0 atom stereocenters. The molecule has 2 rings (SSSR count). The van der Waals surface area contributed by atoms with Gasteiger partial charge in [0.05, 0.1) is 0 Å². The van der Waals surface area contributed by atoms with Crippen molar-refractivity contribution < 1.29 is 19.1 Å². The third kappa shape index (κ3) is 3.32. The number of hydrogen-bond acceptors (Lipinski definition) is 6. The summed E-state index contributed by atoms with van der Waals surface area (Å²) in [4.78, 5) is 26.6. The summed E-state index contributed by atoms with van der Waals surface area (Å²) < 4.78 is 8.67. The molecule has 0 radical (unpaired) electrons. The zero-order chi connectivity index (χ0) is 9.68. The second-order valence-electron chi connectivity index (χ2n) is 2.07. The van der Waals surface area contributed by atoms with E-state index in [2.05, 4.69) is 19.5 Å². The fourth-order valence-corrected chi connectivity index (χ4v) is 0.568. The number of rotatable bonds is 0. The number of carbonyl (C=O) groups excluding carboxylic acids is 2. The van der Waals surface area contributed by atoms with Crippen LogP contribution in [0.25, 0.3) is 0 Å². The van der Waals surface area contributed by atoms with Crippen LogP contribution in [0.1, 0.15) is 0 Å². The number of ether oxygens (including phenoxy) is 2. The minimum atomic E-state index is -0.308. The van der Waals surface area contributed by atoms with E-state index >= 15 is 0 Å². The number of esters is 1. The normalized spacial score (nSPS) is 18.6. The van der Waals surface area contributed by atoms with Crippen molar-refractivity contribution in [3.63, 3.8) is 0 Å².